The molecule has 2 amide bonds. The molecule has 0 saturated heterocycles. The van der Waals surface area contributed by atoms with E-state index in [-0.39, 0.29) is 17.0 Å². The largest absolute Gasteiger partial charge is 0.366 e. The lowest BCUT2D eigenvalue weighted by Gasteiger charge is -2.10. The van der Waals surface area contributed by atoms with Crippen LogP contribution in [-0.4, -0.2) is 11.8 Å². The molecule has 0 atom stereocenters. The first kappa shape index (κ1) is 12.8. The van der Waals surface area contributed by atoms with E-state index in [2.05, 4.69) is 5.32 Å². The highest BCUT2D eigenvalue weighted by Crippen LogP contribution is 2.16. The first-order chi connectivity index (χ1) is 9.09. The van der Waals surface area contributed by atoms with Gasteiger partial charge in [-0.05, 0) is 30.7 Å². The van der Waals surface area contributed by atoms with Crippen LogP contribution in [0.1, 0.15) is 26.3 Å². The quantitative estimate of drug-likeness (QED) is 0.882. The van der Waals surface area contributed by atoms with Crippen LogP contribution in [0, 0.1) is 6.92 Å². The molecule has 19 heavy (non-hydrogen) atoms. The number of primary amides is 1. The molecule has 0 unspecified atom stereocenters. The number of carbonyl (C=O) groups excluding carboxylic acids is 2. The minimum atomic E-state index is -0.615. The van der Waals surface area contributed by atoms with E-state index in [1.54, 1.807) is 24.3 Å². The molecule has 2 aromatic rings. The van der Waals surface area contributed by atoms with Gasteiger partial charge in [-0.2, -0.15) is 0 Å². The van der Waals surface area contributed by atoms with Gasteiger partial charge < -0.3 is 11.1 Å². The van der Waals surface area contributed by atoms with Crippen LogP contribution in [0.15, 0.2) is 48.5 Å². The average Bonchev–Trinajstić information content (AvgIpc) is 2.41. The summed E-state index contributed by atoms with van der Waals surface area (Å²) in [5.41, 5.74) is 7.42. The normalized spacial score (nSPS) is 9.95. The zero-order valence-electron chi connectivity index (χ0n) is 10.5. The molecule has 2 aromatic carbocycles. The highest BCUT2D eigenvalue weighted by molar-refractivity contribution is 6.11. The third-order valence-electron chi connectivity index (χ3n) is 2.83. The minimum Gasteiger partial charge on any atom is -0.366 e. The fourth-order valence-electron chi connectivity index (χ4n) is 1.80. The van der Waals surface area contributed by atoms with Crippen molar-refractivity contribution in [3.05, 3.63) is 65.2 Å². The summed E-state index contributed by atoms with van der Waals surface area (Å²) in [6.45, 7) is 1.90. The Bertz CT molecular complexity index is 636. The maximum atomic E-state index is 12.2. The number of para-hydroxylation sites is 1. The van der Waals surface area contributed by atoms with E-state index in [1.807, 2.05) is 25.1 Å². The summed E-state index contributed by atoms with van der Waals surface area (Å²) >= 11 is 0. The zero-order chi connectivity index (χ0) is 13.8. The third kappa shape index (κ3) is 2.80. The molecule has 0 heterocycles. The molecule has 0 aliphatic heterocycles. The van der Waals surface area contributed by atoms with Crippen molar-refractivity contribution in [1.29, 1.82) is 0 Å². The Kier molecular flexibility index (Phi) is 3.61. The Morgan fingerprint density at radius 2 is 1.53 bits per heavy atom. The second kappa shape index (κ2) is 5.35. The molecule has 4 nitrogen and oxygen atoms in total. The predicted molar refractivity (Wildman–Crippen MR) is 74.1 cm³/mol. The first-order valence-corrected chi connectivity index (χ1v) is 5.85. The van der Waals surface area contributed by atoms with Crippen LogP contribution in [-0.2, 0) is 0 Å². The van der Waals surface area contributed by atoms with Crippen molar-refractivity contribution in [1.82, 2.24) is 0 Å². The Balaban J connectivity index is 2.31. The van der Waals surface area contributed by atoms with E-state index in [1.165, 1.54) is 6.07 Å². The SMILES string of the molecule is Cc1ccccc1NC(=O)c1ccccc1C(N)=O. The Hall–Kier alpha value is -2.62. The molecule has 0 radical (unpaired) electrons. The maximum Gasteiger partial charge on any atom is 0.256 e. The summed E-state index contributed by atoms with van der Waals surface area (Å²) in [7, 11) is 0. The number of hydrogen-bond acceptors (Lipinski definition) is 2. The predicted octanol–water partition coefficient (Wildman–Crippen LogP) is 2.35. The van der Waals surface area contributed by atoms with Crippen LogP contribution in [0.2, 0.25) is 0 Å². The Morgan fingerprint density at radius 3 is 2.16 bits per heavy atom. The number of nitrogens with one attached hydrogen (secondary N) is 1. The third-order valence-corrected chi connectivity index (χ3v) is 2.83. The van der Waals surface area contributed by atoms with E-state index in [4.69, 9.17) is 5.73 Å². The smallest absolute Gasteiger partial charge is 0.256 e. The van der Waals surface area contributed by atoms with Gasteiger partial charge in [0.05, 0.1) is 11.1 Å². The Morgan fingerprint density at radius 1 is 0.947 bits per heavy atom. The summed E-state index contributed by atoms with van der Waals surface area (Å²) in [5.74, 6) is -0.959. The second-order valence-corrected chi connectivity index (χ2v) is 4.18. The first-order valence-electron chi connectivity index (χ1n) is 5.85. The van der Waals surface area contributed by atoms with Crippen molar-refractivity contribution in [3.63, 3.8) is 0 Å². The number of aryl methyl sites for hydroxylation is 1. The van der Waals surface area contributed by atoms with Gasteiger partial charge >= 0.3 is 0 Å². The number of benzene rings is 2. The Labute approximate surface area is 111 Å². The van der Waals surface area contributed by atoms with Gasteiger partial charge in [0.25, 0.3) is 5.91 Å². The molecule has 0 spiro atoms. The van der Waals surface area contributed by atoms with Crippen LogP contribution >= 0.6 is 0 Å². The van der Waals surface area contributed by atoms with Crippen molar-refractivity contribution in [2.75, 3.05) is 5.32 Å². The molecule has 0 bridgehead atoms. The van der Waals surface area contributed by atoms with Gasteiger partial charge in [0.15, 0.2) is 0 Å². The van der Waals surface area contributed by atoms with Crippen molar-refractivity contribution in [2.45, 2.75) is 6.92 Å². The molecule has 0 aromatic heterocycles. The minimum absolute atomic E-state index is 0.216. The van der Waals surface area contributed by atoms with Gasteiger partial charge in [-0.3, -0.25) is 9.59 Å². The fourth-order valence-corrected chi connectivity index (χ4v) is 1.80. The van der Waals surface area contributed by atoms with Gasteiger partial charge in [0.1, 0.15) is 0 Å². The lowest BCUT2D eigenvalue weighted by Crippen LogP contribution is -2.20. The van der Waals surface area contributed by atoms with Crippen molar-refractivity contribution >= 4 is 17.5 Å². The van der Waals surface area contributed by atoms with Crippen LogP contribution in [0.3, 0.4) is 0 Å². The fraction of sp³-hybridized carbons (Fsp3) is 0.0667. The topological polar surface area (TPSA) is 72.2 Å². The van der Waals surface area contributed by atoms with E-state index in [0.29, 0.717) is 5.69 Å². The van der Waals surface area contributed by atoms with Crippen molar-refractivity contribution < 1.29 is 9.59 Å². The lowest BCUT2D eigenvalue weighted by atomic mass is 10.1. The second-order valence-electron chi connectivity index (χ2n) is 4.18. The number of anilines is 1. The van der Waals surface area contributed by atoms with Crippen molar-refractivity contribution in [3.8, 4) is 0 Å². The highest BCUT2D eigenvalue weighted by Gasteiger charge is 2.14. The number of rotatable bonds is 3. The monoisotopic (exact) mass is 254 g/mol. The highest BCUT2D eigenvalue weighted by atomic mass is 16.2. The van der Waals surface area contributed by atoms with Crippen LogP contribution < -0.4 is 11.1 Å². The standard InChI is InChI=1S/C15H14N2O2/c1-10-6-2-5-9-13(10)17-15(19)12-8-4-3-7-11(12)14(16)18/h2-9H,1H3,(H2,16,18)(H,17,19). The van der Waals surface area contributed by atoms with E-state index < -0.39 is 5.91 Å². The maximum absolute atomic E-state index is 12.2. The summed E-state index contributed by atoms with van der Waals surface area (Å²) in [6.07, 6.45) is 0. The molecule has 0 saturated carbocycles. The summed E-state index contributed by atoms with van der Waals surface area (Å²) in [6, 6.07) is 13.9. The molecular formula is C15H14N2O2. The van der Waals surface area contributed by atoms with Crippen LogP contribution in [0.5, 0.6) is 0 Å². The number of hydrogen-bond donors (Lipinski definition) is 2. The van der Waals surface area contributed by atoms with E-state index >= 15 is 0 Å². The van der Waals surface area contributed by atoms with Crippen LogP contribution in [0.25, 0.3) is 0 Å². The lowest BCUT2D eigenvalue weighted by molar-refractivity contribution is 0.0977. The molecular weight excluding hydrogens is 240 g/mol. The molecule has 0 aliphatic carbocycles. The molecule has 0 aliphatic rings. The van der Waals surface area contributed by atoms with Crippen LogP contribution in [0.4, 0.5) is 5.69 Å². The van der Waals surface area contributed by atoms with E-state index in [0.717, 1.165) is 5.56 Å². The number of amides is 2. The molecule has 96 valence electrons. The zero-order valence-corrected chi connectivity index (χ0v) is 10.5. The van der Waals surface area contributed by atoms with E-state index in [9.17, 15) is 9.59 Å². The molecule has 3 N–H and O–H groups in total. The van der Waals surface area contributed by atoms with Gasteiger partial charge in [0, 0.05) is 5.69 Å². The molecule has 2 rings (SSSR count). The number of carbonyl (C=O) groups is 2. The molecule has 4 heteroatoms. The number of nitrogens with two attached hydrogens (primary N) is 1. The summed E-state index contributed by atoms with van der Waals surface area (Å²) in [4.78, 5) is 23.5. The van der Waals surface area contributed by atoms with Gasteiger partial charge in [-0.15, -0.1) is 0 Å². The van der Waals surface area contributed by atoms with Gasteiger partial charge in [-0.25, -0.2) is 0 Å². The average molecular weight is 254 g/mol. The van der Waals surface area contributed by atoms with Gasteiger partial charge in [-0.1, -0.05) is 30.3 Å². The summed E-state index contributed by atoms with van der Waals surface area (Å²) in [5, 5.41) is 2.78. The molecule has 0 fully saturated rings. The van der Waals surface area contributed by atoms with Gasteiger partial charge in [0.2, 0.25) is 5.91 Å². The summed E-state index contributed by atoms with van der Waals surface area (Å²) < 4.78 is 0. The van der Waals surface area contributed by atoms with Crippen molar-refractivity contribution in [2.24, 2.45) is 5.73 Å².